The van der Waals surface area contributed by atoms with E-state index in [1.54, 1.807) is 24.3 Å². The van der Waals surface area contributed by atoms with Crippen LogP contribution in [0.5, 0.6) is 5.75 Å². The number of terminal acetylenes is 1. The van der Waals surface area contributed by atoms with Crippen molar-refractivity contribution in [2.24, 2.45) is 5.73 Å². The molecule has 30 heavy (non-hydrogen) atoms. The number of aromatic hydroxyl groups is 1. The number of nitrogens with one attached hydrogen (secondary N) is 1. The molecule has 0 spiro atoms. The summed E-state index contributed by atoms with van der Waals surface area (Å²) < 4.78 is 0. The van der Waals surface area contributed by atoms with Gasteiger partial charge in [0.1, 0.15) is 11.6 Å². The Morgan fingerprint density at radius 1 is 1.27 bits per heavy atom. The van der Waals surface area contributed by atoms with Crippen molar-refractivity contribution in [2.45, 2.75) is 26.7 Å². The highest BCUT2D eigenvalue weighted by molar-refractivity contribution is 6.04. The van der Waals surface area contributed by atoms with E-state index in [4.69, 9.17) is 22.7 Å². The number of carboxylic acids is 1. The van der Waals surface area contributed by atoms with Crippen molar-refractivity contribution >= 4 is 23.6 Å². The summed E-state index contributed by atoms with van der Waals surface area (Å²) in [6.07, 6.45) is 8.87. The van der Waals surface area contributed by atoms with Crippen LogP contribution in [-0.4, -0.2) is 35.1 Å². The number of amidine groups is 1. The first-order valence-electron chi connectivity index (χ1n) is 9.77. The van der Waals surface area contributed by atoms with Gasteiger partial charge in [0, 0.05) is 54.0 Å². The summed E-state index contributed by atoms with van der Waals surface area (Å²) in [4.78, 5) is 13.1. The number of phenols is 1. The van der Waals surface area contributed by atoms with Crippen molar-refractivity contribution in [1.29, 1.82) is 5.41 Å². The van der Waals surface area contributed by atoms with E-state index in [0.717, 1.165) is 30.4 Å². The molecule has 0 saturated heterocycles. The van der Waals surface area contributed by atoms with Gasteiger partial charge >= 0.3 is 5.97 Å². The number of hydrogen-bond acceptors (Lipinski definition) is 4. The highest BCUT2D eigenvalue weighted by atomic mass is 16.4. The second-order valence-corrected chi connectivity index (χ2v) is 6.72. The van der Waals surface area contributed by atoms with Crippen molar-refractivity contribution < 1.29 is 15.0 Å². The van der Waals surface area contributed by atoms with Gasteiger partial charge in [-0.15, -0.1) is 12.3 Å². The lowest BCUT2D eigenvalue weighted by atomic mass is 9.87. The zero-order valence-corrected chi connectivity index (χ0v) is 17.3. The standard InChI is InChI=1S/C24H27N3O3/c1-4-7-8-18-16(10-14-22(29)30)9-12-20(24(25)26)23(18)19-13-11-17(15-21(19)28)27(5-2)6-3/h1,9-15,28H,5-8H2,2-3H3,(H3,25,26)(H,29,30). The topological polar surface area (TPSA) is 111 Å². The first kappa shape index (κ1) is 22.6. The quantitative estimate of drug-likeness (QED) is 0.219. The number of aliphatic carboxylic acids is 1. The number of benzene rings is 2. The fourth-order valence-electron chi connectivity index (χ4n) is 3.50. The minimum Gasteiger partial charge on any atom is -0.507 e. The molecule has 0 unspecified atom stereocenters. The number of rotatable bonds is 9. The molecule has 0 heterocycles. The molecular weight excluding hydrogens is 378 g/mol. The molecule has 0 aliphatic heterocycles. The molecule has 2 rings (SSSR count). The Bertz CT molecular complexity index is 1020. The number of phenolic OH excluding ortho intramolecular Hbond substituents is 1. The Labute approximate surface area is 177 Å². The molecule has 2 aromatic rings. The highest BCUT2D eigenvalue weighted by Gasteiger charge is 2.19. The van der Waals surface area contributed by atoms with Gasteiger partial charge in [-0.1, -0.05) is 12.1 Å². The SMILES string of the molecule is C#CCCc1c(C=CC(=O)O)ccc(C(=N)N)c1-c1ccc(N(CC)CC)cc1O. The van der Waals surface area contributed by atoms with Crippen LogP contribution in [0.1, 0.15) is 37.0 Å². The van der Waals surface area contributed by atoms with E-state index >= 15 is 0 Å². The van der Waals surface area contributed by atoms with Crippen LogP contribution in [0, 0.1) is 17.8 Å². The van der Waals surface area contributed by atoms with Gasteiger partial charge in [0.25, 0.3) is 0 Å². The largest absolute Gasteiger partial charge is 0.507 e. The van der Waals surface area contributed by atoms with Gasteiger partial charge in [-0.2, -0.15) is 0 Å². The van der Waals surface area contributed by atoms with Gasteiger partial charge in [-0.3, -0.25) is 5.41 Å². The summed E-state index contributed by atoms with van der Waals surface area (Å²) in [7, 11) is 0. The van der Waals surface area contributed by atoms with Crippen LogP contribution < -0.4 is 10.6 Å². The molecule has 5 N–H and O–H groups in total. The molecule has 0 atom stereocenters. The van der Waals surface area contributed by atoms with Crippen LogP contribution in [0.25, 0.3) is 17.2 Å². The molecule has 0 radical (unpaired) electrons. The van der Waals surface area contributed by atoms with Crippen molar-refractivity contribution in [2.75, 3.05) is 18.0 Å². The van der Waals surface area contributed by atoms with Crippen molar-refractivity contribution in [1.82, 2.24) is 0 Å². The third-order valence-electron chi connectivity index (χ3n) is 4.94. The van der Waals surface area contributed by atoms with Crippen molar-refractivity contribution in [3.8, 4) is 29.2 Å². The third kappa shape index (κ3) is 5.00. The fraction of sp³-hybridized carbons (Fsp3) is 0.250. The van der Waals surface area contributed by atoms with E-state index in [-0.39, 0.29) is 11.6 Å². The number of anilines is 1. The van der Waals surface area contributed by atoms with Crippen molar-refractivity contribution in [3.63, 3.8) is 0 Å². The summed E-state index contributed by atoms with van der Waals surface area (Å²) >= 11 is 0. The molecule has 6 heteroatoms. The number of nitrogens with two attached hydrogens (primary N) is 1. The van der Waals surface area contributed by atoms with Crippen LogP contribution in [0.4, 0.5) is 5.69 Å². The third-order valence-corrected chi connectivity index (χ3v) is 4.94. The van der Waals surface area contributed by atoms with Gasteiger partial charge in [0.05, 0.1) is 0 Å². The monoisotopic (exact) mass is 405 g/mol. The summed E-state index contributed by atoms with van der Waals surface area (Å²) in [6.45, 7) is 5.69. The summed E-state index contributed by atoms with van der Waals surface area (Å²) in [5.74, 6) is 1.44. The van der Waals surface area contributed by atoms with Gasteiger partial charge in [-0.25, -0.2) is 4.79 Å². The number of nitrogens with zero attached hydrogens (tertiary/aromatic N) is 1. The molecule has 0 fully saturated rings. The molecule has 0 aromatic heterocycles. The van der Waals surface area contributed by atoms with Gasteiger partial charge in [-0.05, 0) is 49.6 Å². The first-order chi connectivity index (χ1) is 14.3. The lowest BCUT2D eigenvalue weighted by Gasteiger charge is -2.23. The summed E-state index contributed by atoms with van der Waals surface area (Å²) in [5.41, 5.74) is 9.69. The lowest BCUT2D eigenvalue weighted by molar-refractivity contribution is -0.131. The minimum atomic E-state index is -1.07. The smallest absolute Gasteiger partial charge is 0.328 e. The molecule has 2 aromatic carbocycles. The Morgan fingerprint density at radius 3 is 2.50 bits per heavy atom. The van der Waals surface area contributed by atoms with Crippen molar-refractivity contribution in [3.05, 3.63) is 53.1 Å². The Morgan fingerprint density at radius 2 is 1.97 bits per heavy atom. The fourth-order valence-corrected chi connectivity index (χ4v) is 3.50. The Balaban J connectivity index is 2.78. The van der Waals surface area contributed by atoms with E-state index in [2.05, 4.69) is 10.8 Å². The van der Waals surface area contributed by atoms with E-state index < -0.39 is 5.97 Å². The maximum atomic E-state index is 11.0. The van der Waals surface area contributed by atoms with E-state index in [1.165, 1.54) is 6.08 Å². The Kier molecular flexibility index (Phi) is 7.65. The minimum absolute atomic E-state index is 0.0585. The van der Waals surface area contributed by atoms with Gasteiger partial charge in [0.15, 0.2) is 0 Å². The summed E-state index contributed by atoms with van der Waals surface area (Å²) in [6, 6.07) is 8.78. The molecule has 0 amide bonds. The van der Waals surface area contributed by atoms with Crippen LogP contribution in [0.3, 0.4) is 0 Å². The first-order valence-corrected chi connectivity index (χ1v) is 9.77. The Hall–Kier alpha value is -3.72. The maximum absolute atomic E-state index is 11.0. The number of carbonyl (C=O) groups is 1. The van der Waals surface area contributed by atoms with Crippen LogP contribution >= 0.6 is 0 Å². The molecule has 0 aliphatic carbocycles. The second kappa shape index (κ2) is 10.2. The molecule has 0 saturated carbocycles. The number of carboxylic acid groups (broad SMARTS) is 1. The average molecular weight is 405 g/mol. The average Bonchev–Trinajstić information content (AvgIpc) is 2.71. The maximum Gasteiger partial charge on any atom is 0.328 e. The van der Waals surface area contributed by atoms with Gasteiger partial charge in [0.2, 0.25) is 0 Å². The number of nitrogen functional groups attached to an aromatic ring is 1. The molecule has 156 valence electrons. The second-order valence-electron chi connectivity index (χ2n) is 6.72. The normalized spacial score (nSPS) is 10.7. The molecular formula is C24H27N3O3. The van der Waals surface area contributed by atoms with Gasteiger partial charge < -0.3 is 20.8 Å². The van der Waals surface area contributed by atoms with E-state index in [1.807, 2.05) is 19.9 Å². The van der Waals surface area contributed by atoms with Crippen LogP contribution in [0.15, 0.2) is 36.4 Å². The highest BCUT2D eigenvalue weighted by Crippen LogP contribution is 2.39. The predicted octanol–water partition coefficient (Wildman–Crippen LogP) is 3.85. The zero-order chi connectivity index (χ0) is 22.3. The molecule has 0 aliphatic rings. The lowest BCUT2D eigenvalue weighted by Crippen LogP contribution is -2.21. The van der Waals surface area contributed by atoms with E-state index in [0.29, 0.717) is 35.1 Å². The van der Waals surface area contributed by atoms with Crippen LogP contribution in [-0.2, 0) is 11.2 Å². The zero-order valence-electron chi connectivity index (χ0n) is 17.3. The molecule has 0 bridgehead atoms. The van der Waals surface area contributed by atoms with E-state index in [9.17, 15) is 9.90 Å². The molecule has 6 nitrogen and oxygen atoms in total. The summed E-state index contributed by atoms with van der Waals surface area (Å²) in [5, 5.41) is 27.9. The van der Waals surface area contributed by atoms with Crippen LogP contribution in [0.2, 0.25) is 0 Å². The predicted molar refractivity (Wildman–Crippen MR) is 122 cm³/mol. The number of hydrogen-bond donors (Lipinski definition) is 4.